The lowest BCUT2D eigenvalue weighted by molar-refractivity contribution is -0.121. The fourth-order valence-electron chi connectivity index (χ4n) is 3.05. The Morgan fingerprint density at radius 1 is 1.06 bits per heavy atom. The predicted molar refractivity (Wildman–Crippen MR) is 130 cm³/mol. The molecule has 33 heavy (non-hydrogen) atoms. The third-order valence-corrected chi connectivity index (χ3v) is 5.70. The Bertz CT molecular complexity index is 1090. The fourth-order valence-corrected chi connectivity index (χ4v) is 3.67. The minimum Gasteiger partial charge on any atom is -0.493 e. The zero-order valence-electron chi connectivity index (χ0n) is 19.3. The highest BCUT2D eigenvalue weighted by Gasteiger charge is 2.13. The van der Waals surface area contributed by atoms with Gasteiger partial charge in [0, 0.05) is 16.5 Å². The number of hydrazine groups is 1. The minimum atomic E-state index is -0.440. The van der Waals surface area contributed by atoms with E-state index in [2.05, 4.69) is 29.7 Å². The molecule has 0 atom stereocenters. The topological polar surface area (TPSA) is 89.6 Å². The lowest BCUT2D eigenvalue weighted by Gasteiger charge is -2.13. The second-order valence-corrected chi connectivity index (χ2v) is 9.09. The SMILES string of the molecule is COc1cc(C(=O)NNC(=O)Cc2ccc(-c3csc(C)n3)cc2)ccc1OCCC(C)C. The number of benzene rings is 2. The Morgan fingerprint density at radius 2 is 1.82 bits per heavy atom. The van der Waals surface area contributed by atoms with Crippen LogP contribution < -0.4 is 20.3 Å². The van der Waals surface area contributed by atoms with E-state index >= 15 is 0 Å². The molecule has 0 aliphatic carbocycles. The Hall–Kier alpha value is -3.39. The number of carbonyl (C=O) groups excluding carboxylic acids is 2. The van der Waals surface area contributed by atoms with Crippen LogP contribution in [-0.2, 0) is 11.2 Å². The van der Waals surface area contributed by atoms with Crippen LogP contribution >= 0.6 is 11.3 Å². The summed E-state index contributed by atoms with van der Waals surface area (Å²) in [5, 5.41) is 3.02. The maximum Gasteiger partial charge on any atom is 0.269 e. The van der Waals surface area contributed by atoms with Gasteiger partial charge in [0.05, 0.1) is 30.8 Å². The van der Waals surface area contributed by atoms with Crippen molar-refractivity contribution in [1.82, 2.24) is 15.8 Å². The van der Waals surface area contributed by atoms with Crippen molar-refractivity contribution in [3.05, 3.63) is 64.0 Å². The van der Waals surface area contributed by atoms with Crippen LogP contribution in [0, 0.1) is 12.8 Å². The summed E-state index contributed by atoms with van der Waals surface area (Å²) in [4.78, 5) is 29.2. The van der Waals surface area contributed by atoms with Gasteiger partial charge in [0.25, 0.3) is 5.91 Å². The van der Waals surface area contributed by atoms with Gasteiger partial charge in [0.15, 0.2) is 11.5 Å². The van der Waals surface area contributed by atoms with Crippen LogP contribution in [0.5, 0.6) is 11.5 Å². The first-order chi connectivity index (χ1) is 15.9. The first-order valence-corrected chi connectivity index (χ1v) is 11.6. The second kappa shape index (κ2) is 11.5. The number of methoxy groups -OCH3 is 1. The highest BCUT2D eigenvalue weighted by atomic mass is 32.1. The Balaban J connectivity index is 1.52. The van der Waals surface area contributed by atoms with E-state index in [1.54, 1.807) is 29.5 Å². The Labute approximate surface area is 198 Å². The van der Waals surface area contributed by atoms with Gasteiger partial charge in [-0.3, -0.25) is 20.4 Å². The van der Waals surface area contributed by atoms with E-state index in [4.69, 9.17) is 9.47 Å². The zero-order chi connectivity index (χ0) is 23.8. The van der Waals surface area contributed by atoms with Crippen molar-refractivity contribution in [3.63, 3.8) is 0 Å². The molecule has 0 spiro atoms. The highest BCUT2D eigenvalue weighted by Crippen LogP contribution is 2.28. The number of ether oxygens (including phenoxy) is 2. The molecule has 0 saturated carbocycles. The van der Waals surface area contributed by atoms with Gasteiger partial charge in [-0.05, 0) is 43.0 Å². The van der Waals surface area contributed by atoms with Gasteiger partial charge in [-0.2, -0.15) is 0 Å². The summed E-state index contributed by atoms with van der Waals surface area (Å²) >= 11 is 1.60. The molecule has 174 valence electrons. The molecule has 8 heteroatoms. The van der Waals surface area contributed by atoms with Crippen LogP contribution in [0.4, 0.5) is 0 Å². The molecule has 0 radical (unpaired) electrons. The summed E-state index contributed by atoms with van der Waals surface area (Å²) in [5.74, 6) is 0.818. The molecule has 3 aromatic rings. The predicted octanol–water partition coefficient (Wildman–Crippen LogP) is 4.56. The zero-order valence-corrected chi connectivity index (χ0v) is 20.1. The van der Waals surface area contributed by atoms with Crippen molar-refractivity contribution in [2.75, 3.05) is 13.7 Å². The molecular formula is C25H29N3O4S. The van der Waals surface area contributed by atoms with Gasteiger partial charge in [0.1, 0.15) is 0 Å². The molecule has 2 aromatic carbocycles. The molecule has 0 saturated heterocycles. The first-order valence-electron chi connectivity index (χ1n) is 10.8. The number of nitrogens with zero attached hydrogens (tertiary/aromatic N) is 1. The number of hydrogen-bond acceptors (Lipinski definition) is 6. The molecule has 0 aliphatic rings. The summed E-state index contributed by atoms with van der Waals surface area (Å²) in [6.07, 6.45) is 1.06. The molecule has 0 unspecified atom stereocenters. The Kier molecular flexibility index (Phi) is 8.43. The van der Waals surface area contributed by atoms with Crippen LogP contribution in [0.25, 0.3) is 11.3 Å². The summed E-state index contributed by atoms with van der Waals surface area (Å²) in [5.41, 5.74) is 8.02. The van der Waals surface area contributed by atoms with Crippen molar-refractivity contribution < 1.29 is 19.1 Å². The summed E-state index contributed by atoms with van der Waals surface area (Å²) in [7, 11) is 1.52. The number of amides is 2. The molecule has 1 aromatic heterocycles. The van der Waals surface area contributed by atoms with Gasteiger partial charge < -0.3 is 9.47 Å². The molecule has 1 heterocycles. The normalized spacial score (nSPS) is 10.7. The van der Waals surface area contributed by atoms with Crippen LogP contribution in [0.3, 0.4) is 0 Å². The molecule has 0 fully saturated rings. The molecule has 0 bridgehead atoms. The van der Waals surface area contributed by atoms with E-state index in [1.807, 2.05) is 36.6 Å². The summed E-state index contributed by atoms with van der Waals surface area (Å²) < 4.78 is 11.1. The maximum atomic E-state index is 12.5. The van der Waals surface area contributed by atoms with Crippen LogP contribution in [0.1, 0.15) is 41.2 Å². The van der Waals surface area contributed by atoms with E-state index in [-0.39, 0.29) is 12.3 Å². The minimum absolute atomic E-state index is 0.141. The van der Waals surface area contributed by atoms with Crippen molar-refractivity contribution in [1.29, 1.82) is 0 Å². The number of aryl methyl sites for hydroxylation is 1. The molecule has 3 rings (SSSR count). The van der Waals surface area contributed by atoms with E-state index in [0.717, 1.165) is 28.2 Å². The van der Waals surface area contributed by atoms with E-state index in [0.29, 0.717) is 29.6 Å². The van der Waals surface area contributed by atoms with Gasteiger partial charge in [0.2, 0.25) is 5.91 Å². The maximum absolute atomic E-state index is 12.5. The van der Waals surface area contributed by atoms with Crippen molar-refractivity contribution in [2.45, 2.75) is 33.6 Å². The lowest BCUT2D eigenvalue weighted by Crippen LogP contribution is -2.42. The van der Waals surface area contributed by atoms with Crippen molar-refractivity contribution in [3.8, 4) is 22.8 Å². The smallest absolute Gasteiger partial charge is 0.269 e. The van der Waals surface area contributed by atoms with Crippen molar-refractivity contribution >= 4 is 23.2 Å². The van der Waals surface area contributed by atoms with Crippen LogP contribution in [0.2, 0.25) is 0 Å². The van der Waals surface area contributed by atoms with E-state index in [9.17, 15) is 9.59 Å². The van der Waals surface area contributed by atoms with Crippen LogP contribution in [0.15, 0.2) is 47.8 Å². The fraction of sp³-hybridized carbons (Fsp3) is 0.320. The van der Waals surface area contributed by atoms with Crippen molar-refractivity contribution in [2.24, 2.45) is 5.92 Å². The molecule has 2 N–H and O–H groups in total. The lowest BCUT2D eigenvalue weighted by atomic mass is 10.1. The van der Waals surface area contributed by atoms with Gasteiger partial charge in [-0.25, -0.2) is 4.98 Å². The van der Waals surface area contributed by atoms with Gasteiger partial charge in [-0.15, -0.1) is 11.3 Å². The largest absolute Gasteiger partial charge is 0.493 e. The number of rotatable bonds is 9. The number of carbonyl (C=O) groups is 2. The molecule has 2 amide bonds. The number of thiazole rings is 1. The average Bonchev–Trinajstić information content (AvgIpc) is 3.24. The quantitative estimate of drug-likeness (QED) is 0.451. The number of nitrogens with one attached hydrogen (secondary N) is 2. The second-order valence-electron chi connectivity index (χ2n) is 8.02. The number of aromatic nitrogens is 1. The Morgan fingerprint density at radius 3 is 2.45 bits per heavy atom. The third-order valence-electron chi connectivity index (χ3n) is 4.93. The average molecular weight is 468 g/mol. The molecule has 7 nitrogen and oxygen atoms in total. The third kappa shape index (κ3) is 7.05. The highest BCUT2D eigenvalue weighted by molar-refractivity contribution is 7.09. The van der Waals surface area contributed by atoms with Crippen LogP contribution in [-0.4, -0.2) is 30.5 Å². The molecular weight excluding hydrogens is 438 g/mol. The van der Waals surface area contributed by atoms with Gasteiger partial charge in [-0.1, -0.05) is 38.1 Å². The monoisotopic (exact) mass is 467 g/mol. The van der Waals surface area contributed by atoms with E-state index in [1.165, 1.54) is 7.11 Å². The summed E-state index contributed by atoms with van der Waals surface area (Å²) in [6.45, 7) is 6.79. The summed E-state index contributed by atoms with van der Waals surface area (Å²) in [6, 6.07) is 12.6. The standard InChI is InChI=1S/C25H29N3O4S/c1-16(2)11-12-32-22-10-9-20(14-23(22)31-4)25(30)28-27-24(29)13-18-5-7-19(8-6-18)21-15-33-17(3)26-21/h5-10,14-16H,11-13H2,1-4H3,(H,27,29)(H,28,30). The molecule has 0 aliphatic heterocycles. The van der Waals surface area contributed by atoms with E-state index < -0.39 is 5.91 Å². The number of hydrogen-bond donors (Lipinski definition) is 2. The van der Waals surface area contributed by atoms with Gasteiger partial charge >= 0.3 is 0 Å². The first kappa shape index (κ1) is 24.3.